The van der Waals surface area contributed by atoms with Crippen LogP contribution in [-0.2, 0) is 18.0 Å². The maximum absolute atomic E-state index is 11.9. The summed E-state index contributed by atoms with van der Waals surface area (Å²) >= 11 is 6.40. The first-order valence-corrected chi connectivity index (χ1v) is 9.40. The molecule has 3 nitrogen and oxygen atoms in total. The lowest BCUT2D eigenvalue weighted by Crippen LogP contribution is -2.02. The van der Waals surface area contributed by atoms with Crippen molar-refractivity contribution in [3.05, 3.63) is 58.7 Å². The molecule has 0 saturated heterocycles. The number of alkyl halides is 2. The number of hydrogen-bond acceptors (Lipinski definition) is 3. The number of carbonyl (C=O) groups excluding carboxylic acids is 2. The summed E-state index contributed by atoms with van der Waals surface area (Å²) in [5, 5.41) is 0.614. The minimum absolute atomic E-state index is 0.0514. The van der Waals surface area contributed by atoms with Crippen LogP contribution < -0.4 is 0 Å². The highest BCUT2D eigenvalue weighted by molar-refractivity contribution is 9.09. The largest absolute Gasteiger partial charge is 0.372 e. The average Bonchev–Trinajstić information content (AvgIpc) is 2.78. The summed E-state index contributed by atoms with van der Waals surface area (Å²) < 4.78 is 5.74. The van der Waals surface area contributed by atoms with Crippen LogP contribution in [0.2, 0.25) is 0 Å². The van der Waals surface area contributed by atoms with Gasteiger partial charge in [0, 0.05) is 11.1 Å². The number of ketones is 2. The zero-order valence-electron chi connectivity index (χ0n) is 12.3. The number of Topliss-reactive ketones (excluding diaryl/α,β-unsaturated/α-hetero) is 2. The maximum Gasteiger partial charge on any atom is 0.173 e. The summed E-state index contributed by atoms with van der Waals surface area (Å²) in [6, 6.07) is 11.4. The van der Waals surface area contributed by atoms with Crippen LogP contribution in [0.5, 0.6) is 0 Å². The molecule has 0 spiro atoms. The molecule has 0 radical (unpaired) electrons. The molecule has 0 aliphatic carbocycles. The topological polar surface area (TPSA) is 43.4 Å². The Kier molecular flexibility index (Phi) is 5.09. The van der Waals surface area contributed by atoms with E-state index >= 15 is 0 Å². The molecule has 0 saturated carbocycles. The molecule has 5 heteroatoms. The van der Waals surface area contributed by atoms with Crippen molar-refractivity contribution in [2.24, 2.45) is 0 Å². The van der Waals surface area contributed by atoms with Gasteiger partial charge in [-0.1, -0.05) is 56.1 Å². The third-order valence-corrected chi connectivity index (χ3v) is 4.92. The monoisotopic (exact) mass is 436 g/mol. The zero-order valence-corrected chi connectivity index (χ0v) is 15.4. The van der Waals surface area contributed by atoms with Gasteiger partial charge >= 0.3 is 0 Å². The normalized spacial score (nSPS) is 13.0. The third kappa shape index (κ3) is 3.32. The van der Waals surface area contributed by atoms with Crippen LogP contribution in [-0.4, -0.2) is 22.2 Å². The highest BCUT2D eigenvalue weighted by atomic mass is 79.9. The molecule has 1 heterocycles. The highest BCUT2D eigenvalue weighted by Crippen LogP contribution is 2.33. The molecule has 1 aliphatic rings. The zero-order chi connectivity index (χ0) is 16.4. The van der Waals surface area contributed by atoms with Crippen molar-refractivity contribution >= 4 is 43.4 Å². The van der Waals surface area contributed by atoms with Crippen molar-refractivity contribution in [3.8, 4) is 11.1 Å². The summed E-state index contributed by atoms with van der Waals surface area (Å²) in [6.07, 6.45) is 0. The fraction of sp³-hybridized carbons (Fsp3) is 0.222. The van der Waals surface area contributed by atoms with E-state index in [0.29, 0.717) is 35.0 Å². The predicted octanol–water partition coefficient (Wildman–Crippen LogP) is 4.54. The lowest BCUT2D eigenvalue weighted by Gasteiger charge is -2.11. The van der Waals surface area contributed by atoms with Gasteiger partial charge in [-0.05, 0) is 34.4 Å². The Labute approximate surface area is 151 Å². The Morgan fingerprint density at radius 2 is 1.26 bits per heavy atom. The van der Waals surface area contributed by atoms with Gasteiger partial charge in [0.15, 0.2) is 11.6 Å². The van der Waals surface area contributed by atoms with E-state index in [1.807, 2.05) is 36.4 Å². The SMILES string of the molecule is O=C(CBr)c1ccc2c(c1)COCc1cc(C(=O)CBr)ccc1-2. The summed E-state index contributed by atoms with van der Waals surface area (Å²) in [5.41, 5.74) is 5.46. The van der Waals surface area contributed by atoms with Crippen molar-refractivity contribution in [1.29, 1.82) is 0 Å². The van der Waals surface area contributed by atoms with Crippen molar-refractivity contribution in [1.82, 2.24) is 0 Å². The Bertz CT molecular complexity index is 718. The molecule has 0 N–H and O–H groups in total. The van der Waals surface area contributed by atoms with Crippen LogP contribution in [0.25, 0.3) is 11.1 Å². The fourth-order valence-corrected chi connectivity index (χ4v) is 3.37. The van der Waals surface area contributed by atoms with E-state index < -0.39 is 0 Å². The Morgan fingerprint density at radius 1 is 0.826 bits per heavy atom. The fourth-order valence-electron chi connectivity index (χ4n) is 2.72. The molecule has 1 aliphatic heterocycles. The highest BCUT2D eigenvalue weighted by Gasteiger charge is 2.18. The van der Waals surface area contributed by atoms with Gasteiger partial charge in [0.1, 0.15) is 0 Å². The van der Waals surface area contributed by atoms with Crippen LogP contribution in [0.15, 0.2) is 36.4 Å². The Morgan fingerprint density at radius 3 is 1.65 bits per heavy atom. The molecule has 2 aromatic carbocycles. The van der Waals surface area contributed by atoms with E-state index in [1.54, 1.807) is 0 Å². The number of fused-ring (bicyclic) bond motifs is 3. The first-order chi connectivity index (χ1) is 11.1. The van der Waals surface area contributed by atoms with Gasteiger partial charge in [0.25, 0.3) is 0 Å². The molecule has 0 aromatic heterocycles. The van der Waals surface area contributed by atoms with Crippen LogP contribution in [0.4, 0.5) is 0 Å². The van der Waals surface area contributed by atoms with Gasteiger partial charge in [-0.2, -0.15) is 0 Å². The van der Waals surface area contributed by atoms with Gasteiger partial charge in [0.2, 0.25) is 0 Å². The van der Waals surface area contributed by atoms with Gasteiger partial charge in [-0.3, -0.25) is 9.59 Å². The lowest BCUT2D eigenvalue weighted by atomic mass is 9.93. The van der Waals surface area contributed by atoms with Crippen molar-refractivity contribution in [3.63, 3.8) is 0 Å². The molecule has 0 atom stereocenters. The van der Waals surface area contributed by atoms with Gasteiger partial charge in [-0.25, -0.2) is 0 Å². The molecule has 23 heavy (non-hydrogen) atoms. The van der Waals surface area contributed by atoms with Crippen molar-refractivity contribution < 1.29 is 14.3 Å². The second-order valence-corrected chi connectivity index (χ2v) is 6.47. The minimum atomic E-state index is 0.0514. The maximum atomic E-state index is 11.9. The number of benzene rings is 2. The number of hydrogen-bond donors (Lipinski definition) is 0. The quantitative estimate of drug-likeness (QED) is 0.521. The lowest BCUT2D eigenvalue weighted by molar-refractivity contribution is 0.101. The molecular formula is C18H14Br2O3. The van der Waals surface area contributed by atoms with Crippen LogP contribution in [0.1, 0.15) is 31.8 Å². The summed E-state index contributed by atoms with van der Waals surface area (Å²) in [6.45, 7) is 0.907. The second-order valence-electron chi connectivity index (χ2n) is 5.35. The van der Waals surface area contributed by atoms with E-state index in [1.165, 1.54) is 0 Å². The standard InChI is InChI=1S/C18H14Br2O3/c19-7-17(21)11-1-3-15-13(5-11)9-23-10-14-6-12(18(22)8-20)2-4-16(14)15/h1-6H,7-10H2. The van der Waals surface area contributed by atoms with E-state index in [2.05, 4.69) is 31.9 Å². The molecule has 3 rings (SSSR count). The second kappa shape index (κ2) is 7.07. The van der Waals surface area contributed by atoms with Crippen molar-refractivity contribution in [2.45, 2.75) is 13.2 Å². The Balaban J connectivity index is 2.07. The molecule has 118 valence electrons. The Hall–Kier alpha value is -1.30. The smallest absolute Gasteiger partial charge is 0.173 e. The van der Waals surface area contributed by atoms with Gasteiger partial charge in [0.05, 0.1) is 23.9 Å². The number of carbonyl (C=O) groups is 2. The van der Waals surface area contributed by atoms with E-state index in [4.69, 9.17) is 4.74 Å². The molecule has 0 unspecified atom stereocenters. The number of rotatable bonds is 4. The van der Waals surface area contributed by atoms with Crippen LogP contribution in [0.3, 0.4) is 0 Å². The molecule has 0 bridgehead atoms. The van der Waals surface area contributed by atoms with E-state index in [9.17, 15) is 9.59 Å². The third-order valence-electron chi connectivity index (χ3n) is 3.90. The van der Waals surface area contributed by atoms with Gasteiger partial charge in [-0.15, -0.1) is 0 Å². The first-order valence-electron chi connectivity index (χ1n) is 7.16. The first kappa shape index (κ1) is 16.6. The average molecular weight is 438 g/mol. The summed E-state index contributed by atoms with van der Waals surface area (Å²) in [4.78, 5) is 23.7. The molecule has 0 fully saturated rings. The minimum Gasteiger partial charge on any atom is -0.372 e. The van der Waals surface area contributed by atoms with Crippen molar-refractivity contribution in [2.75, 3.05) is 10.7 Å². The molecule has 2 aromatic rings. The number of halogens is 2. The predicted molar refractivity (Wildman–Crippen MR) is 96.6 cm³/mol. The van der Waals surface area contributed by atoms with Crippen LogP contribution >= 0.6 is 31.9 Å². The summed E-state index contributed by atoms with van der Waals surface area (Å²) in [7, 11) is 0. The molecular weight excluding hydrogens is 424 g/mol. The van der Waals surface area contributed by atoms with E-state index in [0.717, 1.165) is 22.3 Å². The van der Waals surface area contributed by atoms with Gasteiger partial charge < -0.3 is 4.74 Å². The number of ether oxygens (including phenoxy) is 1. The van der Waals surface area contributed by atoms with E-state index in [-0.39, 0.29) is 11.6 Å². The summed E-state index contributed by atoms with van der Waals surface area (Å²) in [5.74, 6) is 0.103. The van der Waals surface area contributed by atoms with Crippen LogP contribution in [0, 0.1) is 0 Å². The molecule has 0 amide bonds.